The molecule has 1 fully saturated rings. The van der Waals surface area contributed by atoms with Gasteiger partial charge in [-0.05, 0) is 68.9 Å². The van der Waals surface area contributed by atoms with Gasteiger partial charge in [0.2, 0.25) is 12.1 Å². The third-order valence-electron chi connectivity index (χ3n) is 7.80. The number of amides is 3. The lowest BCUT2D eigenvalue weighted by Gasteiger charge is -2.23. The van der Waals surface area contributed by atoms with Crippen molar-refractivity contribution in [2.45, 2.75) is 83.5 Å². The van der Waals surface area contributed by atoms with Crippen LogP contribution in [0.1, 0.15) is 81.9 Å². The van der Waals surface area contributed by atoms with E-state index in [0.29, 0.717) is 24.1 Å². The molecule has 0 spiro atoms. The molecule has 1 aromatic heterocycles. The molecule has 232 valence electrons. The maximum Gasteiger partial charge on any atom is 0.421 e. The lowest BCUT2D eigenvalue weighted by Crippen LogP contribution is -2.47. The van der Waals surface area contributed by atoms with E-state index in [1.807, 2.05) is 12.1 Å². The van der Waals surface area contributed by atoms with Gasteiger partial charge in [0.25, 0.3) is 5.91 Å². The van der Waals surface area contributed by atoms with Crippen LogP contribution in [0.15, 0.2) is 59.9 Å². The maximum absolute atomic E-state index is 13.4. The fourth-order valence-electron chi connectivity index (χ4n) is 5.57. The average Bonchev–Trinajstić information content (AvgIpc) is 3.24. The second-order valence-electron chi connectivity index (χ2n) is 12.3. The number of aromatic nitrogens is 2. The van der Waals surface area contributed by atoms with Gasteiger partial charge in [-0.15, -0.1) is 0 Å². The Morgan fingerprint density at radius 1 is 1.05 bits per heavy atom. The van der Waals surface area contributed by atoms with Crippen molar-refractivity contribution in [2.75, 3.05) is 22.6 Å². The largest absolute Gasteiger partial charge is 0.443 e. The van der Waals surface area contributed by atoms with Crippen LogP contribution >= 0.6 is 0 Å². The molecule has 11 heteroatoms. The van der Waals surface area contributed by atoms with Gasteiger partial charge in [-0.25, -0.2) is 19.1 Å². The lowest BCUT2D eigenvalue weighted by atomic mass is 9.90. The van der Waals surface area contributed by atoms with Gasteiger partial charge >= 0.3 is 12.1 Å². The number of urea groups is 1. The molecule has 0 radical (unpaired) electrons. The molecular formula is C33H41N7O4. The number of fused-ring (bicyclic) bond motifs is 1. The molecule has 0 saturated heterocycles. The number of likely N-dealkylation sites (N-methyl/N-ethyl adjacent to an activating group) is 1. The van der Waals surface area contributed by atoms with Crippen molar-refractivity contribution < 1.29 is 19.1 Å². The molecule has 2 heterocycles. The van der Waals surface area contributed by atoms with Crippen molar-refractivity contribution >= 4 is 41.6 Å². The van der Waals surface area contributed by atoms with Gasteiger partial charge in [0.05, 0.1) is 5.69 Å². The van der Waals surface area contributed by atoms with Crippen LogP contribution in [0.4, 0.5) is 26.9 Å². The van der Waals surface area contributed by atoms with E-state index >= 15 is 0 Å². The van der Waals surface area contributed by atoms with Crippen LogP contribution in [0, 0.1) is 0 Å². The first-order chi connectivity index (χ1) is 21.1. The smallest absolute Gasteiger partial charge is 0.421 e. The van der Waals surface area contributed by atoms with Gasteiger partial charge in [-0.2, -0.15) is 0 Å². The SMILES string of the molecule is CN1C(=O)[C@H](NC(=O)Nc2cccc(CNc3nccn3C(=O)OC(C)(C)C)c2)N=Cc2ccc(C3CCCCCC3)cc21. The zero-order chi connectivity index (χ0) is 31.3. The number of hydrogen-bond donors (Lipinski definition) is 3. The summed E-state index contributed by atoms with van der Waals surface area (Å²) in [5.74, 6) is 0.530. The highest BCUT2D eigenvalue weighted by Crippen LogP contribution is 2.34. The van der Waals surface area contributed by atoms with Gasteiger partial charge in [0.15, 0.2) is 0 Å². The van der Waals surface area contributed by atoms with Crippen molar-refractivity contribution in [3.63, 3.8) is 0 Å². The molecule has 5 rings (SSSR count). The summed E-state index contributed by atoms with van der Waals surface area (Å²) in [5.41, 5.74) is 3.64. The molecule has 1 saturated carbocycles. The van der Waals surface area contributed by atoms with E-state index in [-0.39, 0.29) is 5.91 Å². The van der Waals surface area contributed by atoms with Crippen molar-refractivity contribution in [1.29, 1.82) is 0 Å². The predicted molar refractivity (Wildman–Crippen MR) is 171 cm³/mol. The van der Waals surface area contributed by atoms with E-state index < -0.39 is 23.9 Å². The van der Waals surface area contributed by atoms with Crippen LogP contribution in [0.2, 0.25) is 0 Å². The molecule has 0 unspecified atom stereocenters. The number of nitrogens with one attached hydrogen (secondary N) is 3. The van der Waals surface area contributed by atoms with E-state index in [2.05, 4.69) is 38.1 Å². The summed E-state index contributed by atoms with van der Waals surface area (Å²) in [6, 6.07) is 12.9. The number of carbonyl (C=O) groups is 3. The molecule has 11 nitrogen and oxygen atoms in total. The zero-order valence-corrected chi connectivity index (χ0v) is 25.8. The number of anilines is 3. The minimum atomic E-state index is -1.06. The molecular weight excluding hydrogens is 558 g/mol. The summed E-state index contributed by atoms with van der Waals surface area (Å²) >= 11 is 0. The number of nitrogens with zero attached hydrogens (tertiary/aromatic N) is 4. The predicted octanol–water partition coefficient (Wildman–Crippen LogP) is 6.26. The highest BCUT2D eigenvalue weighted by atomic mass is 16.6. The molecule has 0 bridgehead atoms. The fourth-order valence-corrected chi connectivity index (χ4v) is 5.57. The second-order valence-corrected chi connectivity index (χ2v) is 12.3. The first kappa shape index (κ1) is 30.8. The number of aliphatic imine (C=N–C) groups is 1. The van der Waals surface area contributed by atoms with Gasteiger partial charge in [0.1, 0.15) is 5.60 Å². The number of benzodiazepines with no additional fused rings is 1. The summed E-state index contributed by atoms with van der Waals surface area (Å²) in [7, 11) is 1.73. The summed E-state index contributed by atoms with van der Waals surface area (Å²) in [6.07, 6.45) is 10.5. The maximum atomic E-state index is 13.4. The van der Waals surface area contributed by atoms with Crippen LogP contribution < -0.4 is 20.9 Å². The monoisotopic (exact) mass is 599 g/mol. The van der Waals surface area contributed by atoms with Crippen LogP contribution in [-0.2, 0) is 16.1 Å². The van der Waals surface area contributed by atoms with Crippen LogP contribution in [-0.4, -0.2) is 52.6 Å². The molecule has 1 aliphatic heterocycles. The topological polar surface area (TPSA) is 130 Å². The first-order valence-corrected chi connectivity index (χ1v) is 15.2. The number of benzene rings is 2. The van der Waals surface area contributed by atoms with Crippen LogP contribution in [0.5, 0.6) is 0 Å². The highest BCUT2D eigenvalue weighted by molar-refractivity contribution is 6.06. The number of ether oxygens (including phenoxy) is 1. The van der Waals surface area contributed by atoms with Crippen LogP contribution in [0.25, 0.3) is 0 Å². The van der Waals surface area contributed by atoms with E-state index in [0.717, 1.165) is 16.8 Å². The highest BCUT2D eigenvalue weighted by Gasteiger charge is 2.28. The summed E-state index contributed by atoms with van der Waals surface area (Å²) < 4.78 is 6.73. The van der Waals surface area contributed by atoms with E-state index in [1.54, 1.807) is 57.1 Å². The fraction of sp³-hybridized carbons (Fsp3) is 0.424. The third kappa shape index (κ3) is 7.64. The molecule has 1 atom stereocenters. The first-order valence-electron chi connectivity index (χ1n) is 15.2. The summed E-state index contributed by atoms with van der Waals surface area (Å²) in [4.78, 5) is 49.0. The van der Waals surface area contributed by atoms with Crippen molar-refractivity contribution in [1.82, 2.24) is 14.9 Å². The average molecular weight is 600 g/mol. The molecule has 2 aromatic carbocycles. The van der Waals surface area contributed by atoms with Gasteiger partial charge < -0.3 is 25.6 Å². The standard InChI is InChI=1S/C33H41N7O4/c1-33(2,3)44-32(43)40-17-16-34-30(40)36-20-22-10-9-13-26(18-22)37-31(42)38-28-29(41)39(4)27-19-24(14-15-25(27)21-35-28)23-11-7-5-6-8-12-23/h9-10,13-19,21,23,28H,5-8,11-12,20H2,1-4H3,(H,34,36)(H2,37,38,42)/t28-/m0/s1. The molecule has 2 aliphatic rings. The number of hydrogen-bond acceptors (Lipinski definition) is 7. The normalized spacial score (nSPS) is 17.3. The Morgan fingerprint density at radius 2 is 1.82 bits per heavy atom. The Kier molecular flexibility index (Phi) is 9.32. The van der Waals surface area contributed by atoms with Crippen LogP contribution in [0.3, 0.4) is 0 Å². The van der Waals surface area contributed by atoms with E-state index in [9.17, 15) is 14.4 Å². The quantitative estimate of drug-likeness (QED) is 0.287. The van der Waals surface area contributed by atoms with Crippen molar-refractivity contribution in [3.8, 4) is 0 Å². The van der Waals surface area contributed by atoms with E-state index in [1.165, 1.54) is 61.0 Å². The lowest BCUT2D eigenvalue weighted by molar-refractivity contribution is -0.119. The summed E-state index contributed by atoms with van der Waals surface area (Å²) in [6.45, 7) is 5.74. The second kappa shape index (κ2) is 13.3. The Hall–Kier alpha value is -4.67. The third-order valence-corrected chi connectivity index (χ3v) is 7.80. The van der Waals surface area contributed by atoms with Crippen molar-refractivity contribution in [2.24, 2.45) is 4.99 Å². The molecule has 3 aromatic rings. The Balaban J connectivity index is 1.19. The van der Waals surface area contributed by atoms with E-state index in [4.69, 9.17) is 4.74 Å². The van der Waals surface area contributed by atoms with Gasteiger partial charge in [0, 0.05) is 43.5 Å². The minimum Gasteiger partial charge on any atom is -0.443 e. The Bertz CT molecular complexity index is 1530. The Morgan fingerprint density at radius 3 is 2.57 bits per heavy atom. The number of carbonyl (C=O) groups excluding carboxylic acids is 3. The Labute approximate surface area is 258 Å². The molecule has 1 aliphatic carbocycles. The molecule has 44 heavy (non-hydrogen) atoms. The summed E-state index contributed by atoms with van der Waals surface area (Å²) in [5, 5.41) is 8.63. The number of imidazole rings is 1. The molecule has 3 amide bonds. The van der Waals surface area contributed by atoms with Crippen molar-refractivity contribution in [3.05, 3.63) is 71.5 Å². The minimum absolute atomic E-state index is 0.313. The van der Waals surface area contributed by atoms with Gasteiger partial charge in [-0.1, -0.05) is 49.9 Å². The molecule has 3 N–H and O–H groups in total. The zero-order valence-electron chi connectivity index (χ0n) is 25.8. The van der Waals surface area contributed by atoms with Gasteiger partial charge in [-0.3, -0.25) is 9.79 Å². The number of rotatable bonds is 6.